The van der Waals surface area contributed by atoms with Crippen molar-refractivity contribution >= 4 is 22.0 Å². The maximum Gasteiger partial charge on any atom is 0.410 e. The normalized spacial score (nSPS) is 18.0. The molecule has 128 valence electrons. The van der Waals surface area contributed by atoms with Gasteiger partial charge in [-0.15, -0.1) is 0 Å². The lowest BCUT2D eigenvalue weighted by Crippen LogP contribution is -2.36. The third kappa shape index (κ3) is 3.77. The van der Waals surface area contributed by atoms with Crippen molar-refractivity contribution in [3.63, 3.8) is 0 Å². The van der Waals surface area contributed by atoms with Gasteiger partial charge in [-0.05, 0) is 61.7 Å². The van der Waals surface area contributed by atoms with Gasteiger partial charge in [0.15, 0.2) is 0 Å². The van der Waals surface area contributed by atoms with Crippen molar-refractivity contribution in [2.75, 3.05) is 6.54 Å². The highest BCUT2D eigenvalue weighted by atomic mass is 79.9. The topological polar surface area (TPSA) is 71.1 Å². The molecular weight excluding hydrogens is 372 g/mol. The molecule has 6 nitrogen and oxygen atoms in total. The first-order chi connectivity index (χ1) is 11.3. The number of halogens is 1. The van der Waals surface area contributed by atoms with Crippen LogP contribution in [0.2, 0.25) is 0 Å². The van der Waals surface area contributed by atoms with E-state index in [4.69, 9.17) is 4.74 Å². The predicted molar refractivity (Wildman–Crippen MR) is 94.4 cm³/mol. The van der Waals surface area contributed by atoms with E-state index in [1.807, 2.05) is 32.9 Å². The van der Waals surface area contributed by atoms with Gasteiger partial charge in [0.2, 0.25) is 0 Å². The molecule has 1 saturated heterocycles. The fourth-order valence-corrected chi connectivity index (χ4v) is 3.01. The van der Waals surface area contributed by atoms with Crippen LogP contribution in [0, 0.1) is 0 Å². The summed E-state index contributed by atoms with van der Waals surface area (Å²) in [7, 11) is 0. The zero-order chi connectivity index (χ0) is 17.3. The lowest BCUT2D eigenvalue weighted by atomic mass is 10.2. The van der Waals surface area contributed by atoms with Crippen LogP contribution in [0.5, 0.6) is 0 Å². The van der Waals surface area contributed by atoms with Crippen molar-refractivity contribution in [1.82, 2.24) is 19.9 Å². The van der Waals surface area contributed by atoms with Crippen LogP contribution in [0.3, 0.4) is 0 Å². The molecule has 0 bridgehead atoms. The van der Waals surface area contributed by atoms with E-state index in [1.165, 1.54) is 0 Å². The van der Waals surface area contributed by atoms with E-state index < -0.39 is 5.60 Å². The lowest BCUT2D eigenvalue weighted by Gasteiger charge is -2.27. The molecule has 0 saturated carbocycles. The molecule has 1 aliphatic rings. The number of carbonyl (C=O) groups is 1. The van der Waals surface area contributed by atoms with Gasteiger partial charge in [0.05, 0.1) is 17.9 Å². The SMILES string of the molecule is CC(C)(C)OC(=O)N1CCCC1c1ncc(-c2ccc(Br)nc2)[nH]1. The maximum atomic E-state index is 12.4. The summed E-state index contributed by atoms with van der Waals surface area (Å²) in [6.07, 6.45) is 5.10. The zero-order valence-electron chi connectivity index (χ0n) is 14.0. The number of imidazole rings is 1. The molecule has 3 heterocycles. The molecule has 2 aromatic heterocycles. The standard InChI is InChI=1S/C17H21BrN4O2/c1-17(2,3)24-16(23)22-8-4-5-13(22)15-20-10-12(21-15)11-6-7-14(18)19-9-11/h6-7,9-10,13H,4-5,8H2,1-3H3,(H,20,21). The van der Waals surface area contributed by atoms with Gasteiger partial charge in [0, 0.05) is 18.3 Å². The van der Waals surface area contributed by atoms with E-state index in [2.05, 4.69) is 30.9 Å². The van der Waals surface area contributed by atoms with Gasteiger partial charge in [-0.3, -0.25) is 4.90 Å². The number of nitrogens with zero attached hydrogens (tertiary/aromatic N) is 3. The van der Waals surface area contributed by atoms with Gasteiger partial charge in [-0.2, -0.15) is 0 Å². The number of pyridine rings is 1. The van der Waals surface area contributed by atoms with Crippen LogP contribution in [-0.2, 0) is 4.74 Å². The molecular formula is C17H21BrN4O2. The Bertz CT molecular complexity index is 721. The highest BCUT2D eigenvalue weighted by Crippen LogP contribution is 2.32. The second-order valence-corrected chi connectivity index (χ2v) is 7.70. The summed E-state index contributed by atoms with van der Waals surface area (Å²) in [5.41, 5.74) is 1.35. The third-order valence-corrected chi connectivity index (χ3v) is 4.30. The predicted octanol–water partition coefficient (Wildman–Crippen LogP) is 4.31. The molecule has 0 spiro atoms. The number of likely N-dealkylation sites (tertiary alicyclic amines) is 1. The van der Waals surface area contributed by atoms with Crippen molar-refractivity contribution < 1.29 is 9.53 Å². The highest BCUT2D eigenvalue weighted by molar-refractivity contribution is 9.10. The Labute approximate surface area is 149 Å². The number of H-pyrrole nitrogens is 1. The largest absolute Gasteiger partial charge is 0.444 e. The highest BCUT2D eigenvalue weighted by Gasteiger charge is 2.34. The van der Waals surface area contributed by atoms with E-state index >= 15 is 0 Å². The molecule has 1 atom stereocenters. The first-order valence-electron chi connectivity index (χ1n) is 8.00. The van der Waals surface area contributed by atoms with E-state index in [9.17, 15) is 4.79 Å². The maximum absolute atomic E-state index is 12.4. The summed E-state index contributed by atoms with van der Waals surface area (Å²) in [5.74, 6) is 0.788. The Hall–Kier alpha value is -1.89. The monoisotopic (exact) mass is 392 g/mol. The second kappa shape index (κ2) is 6.55. The van der Waals surface area contributed by atoms with Crippen LogP contribution in [0.4, 0.5) is 4.79 Å². The number of rotatable bonds is 2. The molecule has 1 unspecified atom stereocenters. The van der Waals surface area contributed by atoms with Crippen LogP contribution in [-0.4, -0.2) is 38.1 Å². The van der Waals surface area contributed by atoms with E-state index in [0.717, 1.165) is 34.5 Å². The van der Waals surface area contributed by atoms with Gasteiger partial charge >= 0.3 is 6.09 Å². The van der Waals surface area contributed by atoms with Gasteiger partial charge in [0.1, 0.15) is 16.0 Å². The van der Waals surface area contributed by atoms with Crippen LogP contribution in [0.25, 0.3) is 11.3 Å². The number of hydrogen-bond donors (Lipinski definition) is 1. The fraction of sp³-hybridized carbons (Fsp3) is 0.471. The van der Waals surface area contributed by atoms with Gasteiger partial charge < -0.3 is 9.72 Å². The molecule has 3 rings (SSSR count). The smallest absolute Gasteiger partial charge is 0.410 e. The molecule has 1 amide bonds. The van der Waals surface area contributed by atoms with E-state index in [0.29, 0.717) is 6.54 Å². The van der Waals surface area contributed by atoms with Crippen molar-refractivity contribution in [3.8, 4) is 11.3 Å². The Morgan fingerprint density at radius 1 is 1.33 bits per heavy atom. The Kier molecular flexibility index (Phi) is 4.62. The molecule has 1 fully saturated rings. The molecule has 0 aromatic carbocycles. The quantitative estimate of drug-likeness (QED) is 0.772. The van der Waals surface area contributed by atoms with Crippen LogP contribution in [0.1, 0.15) is 45.5 Å². The molecule has 24 heavy (non-hydrogen) atoms. The number of carbonyl (C=O) groups excluding carboxylic acids is 1. The molecule has 0 aliphatic carbocycles. The first kappa shape index (κ1) is 17.0. The minimum absolute atomic E-state index is 0.0722. The summed E-state index contributed by atoms with van der Waals surface area (Å²) in [6.45, 7) is 6.32. The van der Waals surface area contributed by atoms with E-state index in [-0.39, 0.29) is 12.1 Å². The lowest BCUT2D eigenvalue weighted by molar-refractivity contribution is 0.0219. The molecule has 1 N–H and O–H groups in total. The Morgan fingerprint density at radius 3 is 2.79 bits per heavy atom. The number of hydrogen-bond acceptors (Lipinski definition) is 4. The van der Waals surface area contributed by atoms with Crippen LogP contribution >= 0.6 is 15.9 Å². The molecule has 1 aliphatic heterocycles. The average Bonchev–Trinajstić information content (AvgIpc) is 3.15. The van der Waals surface area contributed by atoms with Gasteiger partial charge in [0.25, 0.3) is 0 Å². The summed E-state index contributed by atoms with van der Waals surface area (Å²) >= 11 is 3.33. The Morgan fingerprint density at radius 2 is 2.12 bits per heavy atom. The van der Waals surface area contributed by atoms with Crippen LogP contribution in [0.15, 0.2) is 29.1 Å². The minimum Gasteiger partial charge on any atom is -0.444 e. The minimum atomic E-state index is -0.498. The van der Waals surface area contributed by atoms with Crippen LogP contribution < -0.4 is 0 Å². The van der Waals surface area contributed by atoms with Crippen molar-refractivity contribution in [2.45, 2.75) is 45.3 Å². The van der Waals surface area contributed by atoms with E-state index in [1.54, 1.807) is 17.3 Å². The fourth-order valence-electron chi connectivity index (χ4n) is 2.78. The van der Waals surface area contributed by atoms with Gasteiger partial charge in [-0.1, -0.05) is 0 Å². The van der Waals surface area contributed by atoms with Crippen molar-refractivity contribution in [3.05, 3.63) is 35.0 Å². The summed E-state index contributed by atoms with van der Waals surface area (Å²) in [5, 5.41) is 0. The number of amides is 1. The molecule has 7 heteroatoms. The molecule has 2 aromatic rings. The Balaban J connectivity index is 1.78. The number of aromatic nitrogens is 3. The average molecular weight is 393 g/mol. The van der Waals surface area contributed by atoms with Crippen molar-refractivity contribution in [1.29, 1.82) is 0 Å². The second-order valence-electron chi connectivity index (χ2n) is 6.88. The summed E-state index contributed by atoms with van der Waals surface area (Å²) in [4.78, 5) is 26.2. The number of nitrogens with one attached hydrogen (secondary N) is 1. The zero-order valence-corrected chi connectivity index (χ0v) is 15.6. The number of aromatic amines is 1. The van der Waals surface area contributed by atoms with Gasteiger partial charge in [-0.25, -0.2) is 14.8 Å². The number of ether oxygens (including phenoxy) is 1. The first-order valence-corrected chi connectivity index (χ1v) is 8.79. The third-order valence-electron chi connectivity index (χ3n) is 3.83. The summed E-state index contributed by atoms with van der Waals surface area (Å²) < 4.78 is 6.30. The van der Waals surface area contributed by atoms with Crippen molar-refractivity contribution in [2.24, 2.45) is 0 Å². The molecule has 0 radical (unpaired) electrons. The summed E-state index contributed by atoms with van der Waals surface area (Å²) in [6, 6.07) is 3.78.